The molecule has 2 heteroatoms. The third kappa shape index (κ3) is 3.64. The van der Waals surface area contributed by atoms with E-state index in [0.29, 0.717) is 6.10 Å². The van der Waals surface area contributed by atoms with E-state index in [0.717, 1.165) is 32.7 Å². The summed E-state index contributed by atoms with van der Waals surface area (Å²) in [5.41, 5.74) is 0. The van der Waals surface area contributed by atoms with Crippen molar-refractivity contribution in [1.82, 2.24) is 0 Å². The van der Waals surface area contributed by atoms with E-state index in [1.807, 2.05) is 6.08 Å². The van der Waals surface area contributed by atoms with E-state index in [9.17, 15) is 0 Å². The lowest BCUT2D eigenvalue weighted by Crippen LogP contribution is -1.98. The summed E-state index contributed by atoms with van der Waals surface area (Å²) < 4.78 is 10.3. The molecule has 1 aliphatic heterocycles. The molecule has 0 aromatic heterocycles. The summed E-state index contributed by atoms with van der Waals surface area (Å²) in [4.78, 5) is 0. The van der Waals surface area contributed by atoms with Gasteiger partial charge in [-0.25, -0.2) is 0 Å². The minimum atomic E-state index is 0.503. The molecule has 0 spiro atoms. The maximum Gasteiger partial charge on any atom is 0.0831 e. The molecule has 0 aromatic carbocycles. The number of rotatable bonds is 6. The standard InChI is InChI=1S/C8H14O2/c1-2-3-5-9-6-4-8-7-10-8/h2,8H,1,3-7H2. The molecule has 1 unspecified atom stereocenters. The van der Waals surface area contributed by atoms with E-state index in [4.69, 9.17) is 9.47 Å². The topological polar surface area (TPSA) is 21.8 Å². The normalized spacial score (nSPS) is 22.6. The fourth-order valence-corrected chi connectivity index (χ4v) is 0.718. The predicted octanol–water partition coefficient (Wildman–Crippen LogP) is 1.37. The summed E-state index contributed by atoms with van der Waals surface area (Å²) in [7, 11) is 0. The first-order chi connectivity index (χ1) is 4.93. The second-order valence-corrected chi connectivity index (χ2v) is 2.43. The van der Waals surface area contributed by atoms with Crippen LogP contribution in [0.15, 0.2) is 12.7 Å². The van der Waals surface area contributed by atoms with Crippen molar-refractivity contribution in [3.63, 3.8) is 0 Å². The Morgan fingerprint density at radius 2 is 2.40 bits per heavy atom. The number of hydrogen-bond donors (Lipinski definition) is 0. The Morgan fingerprint density at radius 1 is 1.60 bits per heavy atom. The average molecular weight is 142 g/mol. The molecule has 0 amide bonds. The van der Waals surface area contributed by atoms with Gasteiger partial charge in [0.1, 0.15) is 0 Å². The van der Waals surface area contributed by atoms with E-state index >= 15 is 0 Å². The summed E-state index contributed by atoms with van der Waals surface area (Å²) >= 11 is 0. The maximum absolute atomic E-state index is 5.27. The van der Waals surface area contributed by atoms with Crippen LogP contribution in [0, 0.1) is 0 Å². The summed E-state index contributed by atoms with van der Waals surface area (Å²) in [5.74, 6) is 0. The number of ether oxygens (including phenoxy) is 2. The molecule has 1 atom stereocenters. The molecule has 0 aliphatic carbocycles. The Labute approximate surface area is 61.8 Å². The SMILES string of the molecule is C=CCCOCCC1CO1. The van der Waals surface area contributed by atoms with Crippen LogP contribution in [0.3, 0.4) is 0 Å². The lowest BCUT2D eigenvalue weighted by molar-refractivity contribution is 0.130. The van der Waals surface area contributed by atoms with Crippen molar-refractivity contribution < 1.29 is 9.47 Å². The average Bonchev–Trinajstić information content (AvgIpc) is 2.71. The van der Waals surface area contributed by atoms with Gasteiger partial charge in [0, 0.05) is 13.2 Å². The molecule has 0 N–H and O–H groups in total. The van der Waals surface area contributed by atoms with Gasteiger partial charge in [0.05, 0.1) is 12.7 Å². The van der Waals surface area contributed by atoms with Gasteiger partial charge in [-0.3, -0.25) is 0 Å². The van der Waals surface area contributed by atoms with Gasteiger partial charge in [0.15, 0.2) is 0 Å². The van der Waals surface area contributed by atoms with Gasteiger partial charge in [0.2, 0.25) is 0 Å². The van der Waals surface area contributed by atoms with Crippen molar-refractivity contribution in [3.05, 3.63) is 12.7 Å². The van der Waals surface area contributed by atoms with Crippen molar-refractivity contribution in [2.45, 2.75) is 18.9 Å². The van der Waals surface area contributed by atoms with Crippen LogP contribution in [0.1, 0.15) is 12.8 Å². The largest absolute Gasteiger partial charge is 0.381 e. The van der Waals surface area contributed by atoms with Crippen LogP contribution in [0.4, 0.5) is 0 Å². The molecule has 1 saturated heterocycles. The van der Waals surface area contributed by atoms with Crippen LogP contribution in [0.2, 0.25) is 0 Å². The van der Waals surface area contributed by atoms with Gasteiger partial charge >= 0.3 is 0 Å². The van der Waals surface area contributed by atoms with Crippen LogP contribution in [0.25, 0.3) is 0 Å². The van der Waals surface area contributed by atoms with E-state index in [-0.39, 0.29) is 0 Å². The number of epoxide rings is 1. The number of hydrogen-bond acceptors (Lipinski definition) is 2. The van der Waals surface area contributed by atoms with E-state index < -0.39 is 0 Å². The van der Waals surface area contributed by atoms with Crippen molar-refractivity contribution >= 4 is 0 Å². The van der Waals surface area contributed by atoms with Gasteiger partial charge in [-0.15, -0.1) is 6.58 Å². The van der Waals surface area contributed by atoms with Crippen molar-refractivity contribution in [1.29, 1.82) is 0 Å². The van der Waals surface area contributed by atoms with Crippen molar-refractivity contribution in [2.75, 3.05) is 19.8 Å². The zero-order valence-corrected chi connectivity index (χ0v) is 6.21. The van der Waals surface area contributed by atoms with Crippen LogP contribution >= 0.6 is 0 Å². The predicted molar refractivity (Wildman–Crippen MR) is 40.0 cm³/mol. The van der Waals surface area contributed by atoms with Crippen molar-refractivity contribution in [2.24, 2.45) is 0 Å². The van der Waals surface area contributed by atoms with E-state index in [1.54, 1.807) is 0 Å². The first-order valence-corrected chi connectivity index (χ1v) is 3.73. The smallest absolute Gasteiger partial charge is 0.0831 e. The molecular weight excluding hydrogens is 128 g/mol. The second kappa shape index (κ2) is 4.47. The maximum atomic E-state index is 5.27. The molecule has 0 saturated carbocycles. The Hall–Kier alpha value is -0.340. The van der Waals surface area contributed by atoms with Crippen molar-refractivity contribution in [3.8, 4) is 0 Å². The van der Waals surface area contributed by atoms with Gasteiger partial charge in [-0.05, 0) is 12.8 Å². The van der Waals surface area contributed by atoms with Crippen LogP contribution in [0.5, 0.6) is 0 Å². The highest BCUT2D eigenvalue weighted by Crippen LogP contribution is 2.12. The lowest BCUT2D eigenvalue weighted by atomic mass is 10.3. The molecule has 0 aromatic rings. The van der Waals surface area contributed by atoms with Gasteiger partial charge in [-0.1, -0.05) is 6.08 Å². The zero-order valence-electron chi connectivity index (χ0n) is 6.21. The third-order valence-electron chi connectivity index (χ3n) is 1.45. The van der Waals surface area contributed by atoms with Crippen LogP contribution in [-0.4, -0.2) is 25.9 Å². The fraction of sp³-hybridized carbons (Fsp3) is 0.750. The molecule has 1 heterocycles. The molecule has 58 valence electrons. The van der Waals surface area contributed by atoms with E-state index in [1.165, 1.54) is 0 Å². The minimum absolute atomic E-state index is 0.503. The quantitative estimate of drug-likeness (QED) is 0.317. The first kappa shape index (κ1) is 7.76. The van der Waals surface area contributed by atoms with E-state index in [2.05, 4.69) is 6.58 Å². The van der Waals surface area contributed by atoms with Crippen LogP contribution in [-0.2, 0) is 9.47 Å². The Kier molecular flexibility index (Phi) is 3.47. The molecular formula is C8H14O2. The molecule has 0 radical (unpaired) electrons. The zero-order chi connectivity index (χ0) is 7.23. The molecule has 1 rings (SSSR count). The third-order valence-corrected chi connectivity index (χ3v) is 1.45. The van der Waals surface area contributed by atoms with Crippen LogP contribution < -0.4 is 0 Å². The summed E-state index contributed by atoms with van der Waals surface area (Å²) in [5, 5.41) is 0. The van der Waals surface area contributed by atoms with Gasteiger partial charge in [0.25, 0.3) is 0 Å². The van der Waals surface area contributed by atoms with Gasteiger partial charge < -0.3 is 9.47 Å². The minimum Gasteiger partial charge on any atom is -0.381 e. The summed E-state index contributed by atoms with van der Waals surface area (Å²) in [6.07, 6.45) is 4.37. The molecule has 2 nitrogen and oxygen atoms in total. The summed E-state index contributed by atoms with van der Waals surface area (Å²) in [6, 6.07) is 0. The lowest BCUT2D eigenvalue weighted by Gasteiger charge is -1.98. The molecule has 0 bridgehead atoms. The molecule has 1 aliphatic rings. The fourth-order valence-electron chi connectivity index (χ4n) is 0.718. The highest BCUT2D eigenvalue weighted by Gasteiger charge is 2.21. The highest BCUT2D eigenvalue weighted by molar-refractivity contribution is 4.68. The first-order valence-electron chi connectivity index (χ1n) is 3.73. The monoisotopic (exact) mass is 142 g/mol. The molecule has 10 heavy (non-hydrogen) atoms. The molecule has 1 fully saturated rings. The van der Waals surface area contributed by atoms with Gasteiger partial charge in [-0.2, -0.15) is 0 Å². The second-order valence-electron chi connectivity index (χ2n) is 2.43. The Morgan fingerprint density at radius 3 is 3.00 bits per heavy atom. The summed E-state index contributed by atoms with van der Waals surface area (Å²) in [6.45, 7) is 6.17. The Bertz CT molecular complexity index is 97.4. The Balaban J connectivity index is 1.72. The highest BCUT2D eigenvalue weighted by atomic mass is 16.6.